The second-order valence-corrected chi connectivity index (χ2v) is 5.92. The molecule has 0 aliphatic heterocycles. The number of hydrogen-bond acceptors (Lipinski definition) is 2. The minimum Gasteiger partial charge on any atom is -0.392 e. The number of hydrogen-bond donors (Lipinski definition) is 2. The Kier molecular flexibility index (Phi) is 5.55. The second-order valence-electron chi connectivity index (χ2n) is 5.92. The number of nitrogens with one attached hydrogen (secondary N) is 1. The molecule has 2 atom stereocenters. The number of aliphatic hydroxyl groups is 1. The van der Waals surface area contributed by atoms with Crippen LogP contribution in [0.3, 0.4) is 0 Å². The van der Waals surface area contributed by atoms with E-state index < -0.39 is 0 Å². The van der Waals surface area contributed by atoms with E-state index in [4.69, 9.17) is 0 Å². The van der Waals surface area contributed by atoms with Gasteiger partial charge in [0, 0.05) is 12.6 Å². The van der Waals surface area contributed by atoms with Crippen LogP contribution in [0.25, 0.3) is 0 Å². The van der Waals surface area contributed by atoms with E-state index in [2.05, 4.69) is 19.2 Å². The maximum Gasteiger partial charge on any atom is 0.123 e. The maximum atomic E-state index is 13.0. The molecule has 1 aromatic carbocycles. The predicted octanol–water partition coefficient (Wildman–Crippen LogP) is 3.66. The SMILES string of the molecule is CCC(CC)C(O)CNC(c1ccc(F)cc1)C1CC1. The van der Waals surface area contributed by atoms with Crippen molar-refractivity contribution >= 4 is 0 Å². The number of rotatable bonds is 8. The largest absolute Gasteiger partial charge is 0.392 e. The van der Waals surface area contributed by atoms with E-state index in [-0.39, 0.29) is 18.0 Å². The molecule has 2 unspecified atom stereocenters. The van der Waals surface area contributed by atoms with E-state index in [9.17, 15) is 9.50 Å². The van der Waals surface area contributed by atoms with Crippen molar-refractivity contribution in [3.63, 3.8) is 0 Å². The predicted molar refractivity (Wildman–Crippen MR) is 79.9 cm³/mol. The van der Waals surface area contributed by atoms with E-state index in [1.54, 1.807) is 0 Å². The van der Waals surface area contributed by atoms with E-state index in [0.717, 1.165) is 18.4 Å². The molecule has 0 aromatic heterocycles. The van der Waals surface area contributed by atoms with Crippen molar-refractivity contribution in [3.05, 3.63) is 35.6 Å². The first kappa shape index (κ1) is 15.5. The minimum atomic E-state index is -0.299. The molecule has 0 radical (unpaired) electrons. The van der Waals surface area contributed by atoms with Gasteiger partial charge in [-0.3, -0.25) is 0 Å². The molecular formula is C17H26FNO. The van der Waals surface area contributed by atoms with Crippen LogP contribution in [-0.4, -0.2) is 17.8 Å². The summed E-state index contributed by atoms with van der Waals surface area (Å²) in [4.78, 5) is 0. The zero-order chi connectivity index (χ0) is 14.5. The second kappa shape index (κ2) is 7.19. The van der Waals surface area contributed by atoms with Crippen LogP contribution in [0.4, 0.5) is 4.39 Å². The number of halogens is 1. The Hall–Kier alpha value is -0.930. The topological polar surface area (TPSA) is 32.3 Å². The van der Waals surface area contributed by atoms with Crippen LogP contribution in [-0.2, 0) is 0 Å². The van der Waals surface area contributed by atoms with Crippen LogP contribution in [0.2, 0.25) is 0 Å². The van der Waals surface area contributed by atoms with Gasteiger partial charge in [0.25, 0.3) is 0 Å². The molecule has 0 bridgehead atoms. The van der Waals surface area contributed by atoms with Crippen LogP contribution < -0.4 is 5.32 Å². The Labute approximate surface area is 121 Å². The van der Waals surface area contributed by atoms with Gasteiger partial charge in [0.15, 0.2) is 0 Å². The van der Waals surface area contributed by atoms with Gasteiger partial charge < -0.3 is 10.4 Å². The van der Waals surface area contributed by atoms with Crippen molar-refractivity contribution < 1.29 is 9.50 Å². The van der Waals surface area contributed by atoms with Gasteiger partial charge in [-0.05, 0) is 42.4 Å². The zero-order valence-electron chi connectivity index (χ0n) is 12.5. The molecule has 0 spiro atoms. The highest BCUT2D eigenvalue weighted by Gasteiger charge is 2.32. The Morgan fingerprint density at radius 1 is 1.20 bits per heavy atom. The van der Waals surface area contributed by atoms with Gasteiger partial charge in [-0.25, -0.2) is 4.39 Å². The molecular weight excluding hydrogens is 253 g/mol. The standard InChI is InChI=1S/C17H26FNO/c1-3-12(4-2)16(20)11-19-17(13-5-6-13)14-7-9-15(18)10-8-14/h7-10,12-13,16-17,19-20H,3-6,11H2,1-2H3. The summed E-state index contributed by atoms with van der Waals surface area (Å²) < 4.78 is 13.0. The van der Waals surface area contributed by atoms with Gasteiger partial charge in [0.2, 0.25) is 0 Å². The first-order valence-corrected chi connectivity index (χ1v) is 7.82. The Morgan fingerprint density at radius 2 is 1.80 bits per heavy atom. The van der Waals surface area contributed by atoms with Gasteiger partial charge in [-0.15, -0.1) is 0 Å². The minimum absolute atomic E-state index is 0.194. The molecule has 1 aliphatic rings. The van der Waals surface area contributed by atoms with Crippen molar-refractivity contribution in [2.75, 3.05) is 6.54 Å². The Balaban J connectivity index is 1.95. The van der Waals surface area contributed by atoms with Crippen molar-refractivity contribution in [1.29, 1.82) is 0 Å². The summed E-state index contributed by atoms with van der Waals surface area (Å²) in [5.41, 5.74) is 1.13. The molecule has 2 rings (SSSR count). The summed E-state index contributed by atoms with van der Waals surface area (Å²) in [6.07, 6.45) is 4.15. The van der Waals surface area contributed by atoms with Gasteiger partial charge in [0.05, 0.1) is 6.10 Å². The van der Waals surface area contributed by atoms with E-state index in [0.29, 0.717) is 18.4 Å². The third-order valence-electron chi connectivity index (χ3n) is 4.46. The number of benzene rings is 1. The summed E-state index contributed by atoms with van der Waals surface area (Å²) in [5, 5.41) is 13.7. The molecule has 0 heterocycles. The molecule has 1 aromatic rings. The Bertz CT molecular complexity index is 398. The summed E-state index contributed by atoms with van der Waals surface area (Å²) in [6.45, 7) is 4.86. The highest BCUT2D eigenvalue weighted by atomic mass is 19.1. The van der Waals surface area contributed by atoms with E-state index in [1.807, 2.05) is 12.1 Å². The molecule has 20 heavy (non-hydrogen) atoms. The normalized spacial score (nSPS) is 18.2. The quantitative estimate of drug-likeness (QED) is 0.761. The van der Waals surface area contributed by atoms with Gasteiger partial charge in [-0.2, -0.15) is 0 Å². The lowest BCUT2D eigenvalue weighted by Gasteiger charge is -2.25. The molecule has 1 aliphatic carbocycles. The first-order valence-electron chi connectivity index (χ1n) is 7.82. The highest BCUT2D eigenvalue weighted by molar-refractivity contribution is 5.22. The van der Waals surface area contributed by atoms with E-state index in [1.165, 1.54) is 25.0 Å². The molecule has 0 saturated heterocycles. The smallest absolute Gasteiger partial charge is 0.123 e. The number of aliphatic hydroxyl groups excluding tert-OH is 1. The molecule has 0 amide bonds. The molecule has 1 fully saturated rings. The van der Waals surface area contributed by atoms with Crippen LogP contribution in [0, 0.1) is 17.7 Å². The van der Waals surface area contributed by atoms with Crippen molar-refractivity contribution in [2.45, 2.75) is 51.7 Å². The van der Waals surface area contributed by atoms with Crippen LogP contribution in [0.15, 0.2) is 24.3 Å². The summed E-state index contributed by atoms with van der Waals surface area (Å²) >= 11 is 0. The molecule has 1 saturated carbocycles. The average molecular weight is 279 g/mol. The fourth-order valence-corrected chi connectivity index (χ4v) is 2.90. The lowest BCUT2D eigenvalue weighted by Crippen LogP contribution is -2.35. The third kappa shape index (κ3) is 4.03. The summed E-state index contributed by atoms with van der Waals surface area (Å²) in [6, 6.07) is 7.00. The summed E-state index contributed by atoms with van der Waals surface area (Å²) in [5.74, 6) is 0.797. The lowest BCUT2D eigenvalue weighted by molar-refractivity contribution is 0.0973. The van der Waals surface area contributed by atoms with Crippen molar-refractivity contribution in [2.24, 2.45) is 11.8 Å². The van der Waals surface area contributed by atoms with Crippen LogP contribution in [0.5, 0.6) is 0 Å². The fraction of sp³-hybridized carbons (Fsp3) is 0.647. The van der Waals surface area contributed by atoms with Crippen LogP contribution >= 0.6 is 0 Å². The van der Waals surface area contributed by atoms with Crippen LogP contribution in [0.1, 0.15) is 51.1 Å². The fourth-order valence-electron chi connectivity index (χ4n) is 2.90. The third-order valence-corrected chi connectivity index (χ3v) is 4.46. The monoisotopic (exact) mass is 279 g/mol. The van der Waals surface area contributed by atoms with Crippen molar-refractivity contribution in [1.82, 2.24) is 5.32 Å². The zero-order valence-corrected chi connectivity index (χ0v) is 12.5. The van der Waals surface area contributed by atoms with Gasteiger partial charge in [0.1, 0.15) is 5.82 Å². The maximum absolute atomic E-state index is 13.0. The van der Waals surface area contributed by atoms with E-state index >= 15 is 0 Å². The van der Waals surface area contributed by atoms with Gasteiger partial charge >= 0.3 is 0 Å². The molecule has 3 heteroatoms. The molecule has 2 nitrogen and oxygen atoms in total. The average Bonchev–Trinajstić information content (AvgIpc) is 3.27. The summed E-state index contributed by atoms with van der Waals surface area (Å²) in [7, 11) is 0. The highest BCUT2D eigenvalue weighted by Crippen LogP contribution is 2.41. The van der Waals surface area contributed by atoms with Gasteiger partial charge in [-0.1, -0.05) is 38.8 Å². The Morgan fingerprint density at radius 3 is 2.30 bits per heavy atom. The molecule has 112 valence electrons. The lowest BCUT2D eigenvalue weighted by atomic mass is 9.95. The molecule has 2 N–H and O–H groups in total. The first-order chi connectivity index (χ1) is 9.65. The van der Waals surface area contributed by atoms with Crippen molar-refractivity contribution in [3.8, 4) is 0 Å².